The van der Waals surface area contributed by atoms with E-state index < -0.39 is 28.7 Å². The first kappa shape index (κ1) is 13.0. The first-order valence-electron chi connectivity index (χ1n) is 5.33. The molecular formula is C12H10F2N2O3. The molecule has 0 aliphatic rings. The number of halogens is 2. The van der Waals surface area contributed by atoms with E-state index in [4.69, 9.17) is 5.11 Å². The van der Waals surface area contributed by atoms with Crippen LogP contribution >= 0.6 is 0 Å². The number of carboxylic acid groups (broad SMARTS) is 1. The van der Waals surface area contributed by atoms with Gasteiger partial charge in [0, 0.05) is 18.8 Å². The number of hydrogen-bond donors (Lipinski definition) is 2. The fraction of sp³-hybridized carbons (Fsp3) is 0.167. The third-order valence-electron chi connectivity index (χ3n) is 2.87. The van der Waals surface area contributed by atoms with Gasteiger partial charge in [-0.3, -0.25) is 9.20 Å². The average Bonchev–Trinajstić information content (AvgIpc) is 2.37. The molecule has 0 saturated heterocycles. The van der Waals surface area contributed by atoms with Crippen LogP contribution in [0.5, 0.6) is 0 Å². The van der Waals surface area contributed by atoms with Crippen LogP contribution in [0.3, 0.4) is 0 Å². The van der Waals surface area contributed by atoms with Gasteiger partial charge in [-0.05, 0) is 13.0 Å². The fourth-order valence-electron chi connectivity index (χ4n) is 1.82. The standard InChI is InChI=1S/C12H10F2N2O3/c1-5-7(13)4-16-10(9(5)14)8(15-2)3-6(11(16)17)12(18)19/h3-4,15H,1-2H3,(H,18,19). The lowest BCUT2D eigenvalue weighted by atomic mass is 10.1. The SMILES string of the molecule is CNc1cc(C(=O)O)c(=O)n2cc(F)c(C)c(F)c12. The van der Waals surface area contributed by atoms with Gasteiger partial charge in [0.15, 0.2) is 5.82 Å². The van der Waals surface area contributed by atoms with Gasteiger partial charge in [0.25, 0.3) is 5.56 Å². The maximum atomic E-state index is 14.0. The second-order valence-corrected chi connectivity index (χ2v) is 3.97. The number of aromatic nitrogens is 1. The van der Waals surface area contributed by atoms with Crippen molar-refractivity contribution < 1.29 is 18.7 Å². The molecule has 100 valence electrons. The van der Waals surface area contributed by atoms with Gasteiger partial charge in [0.05, 0.1) is 5.69 Å². The fourth-order valence-corrected chi connectivity index (χ4v) is 1.82. The number of rotatable bonds is 2. The van der Waals surface area contributed by atoms with Gasteiger partial charge in [-0.1, -0.05) is 0 Å². The first-order valence-corrected chi connectivity index (χ1v) is 5.33. The molecule has 0 spiro atoms. The molecule has 0 aliphatic heterocycles. The number of anilines is 1. The zero-order valence-corrected chi connectivity index (χ0v) is 10.1. The van der Waals surface area contributed by atoms with E-state index in [1.165, 1.54) is 14.0 Å². The monoisotopic (exact) mass is 268 g/mol. The Balaban J connectivity index is 3.08. The molecule has 19 heavy (non-hydrogen) atoms. The molecular weight excluding hydrogens is 258 g/mol. The van der Waals surface area contributed by atoms with E-state index in [1.54, 1.807) is 0 Å². The molecule has 2 aromatic rings. The molecule has 0 unspecified atom stereocenters. The summed E-state index contributed by atoms with van der Waals surface area (Å²) >= 11 is 0. The van der Waals surface area contributed by atoms with Crippen LogP contribution in [0.4, 0.5) is 14.5 Å². The van der Waals surface area contributed by atoms with Crippen LogP contribution in [0, 0.1) is 18.6 Å². The highest BCUT2D eigenvalue weighted by Crippen LogP contribution is 2.23. The highest BCUT2D eigenvalue weighted by atomic mass is 19.1. The predicted octanol–water partition coefficient (Wildman–Crippen LogP) is 1.63. The normalized spacial score (nSPS) is 10.7. The Morgan fingerprint density at radius 3 is 2.58 bits per heavy atom. The lowest BCUT2D eigenvalue weighted by Gasteiger charge is -2.11. The molecule has 0 aromatic carbocycles. The summed E-state index contributed by atoms with van der Waals surface area (Å²) in [6.45, 7) is 1.24. The summed E-state index contributed by atoms with van der Waals surface area (Å²) in [5, 5.41) is 11.5. The smallest absolute Gasteiger partial charge is 0.341 e. The van der Waals surface area contributed by atoms with Crippen LogP contribution in [0.25, 0.3) is 5.52 Å². The summed E-state index contributed by atoms with van der Waals surface area (Å²) in [5.74, 6) is -3.28. The molecule has 0 bridgehead atoms. The van der Waals surface area contributed by atoms with Gasteiger partial charge in [-0.15, -0.1) is 0 Å². The van der Waals surface area contributed by atoms with E-state index >= 15 is 0 Å². The van der Waals surface area contributed by atoms with Crippen LogP contribution < -0.4 is 10.9 Å². The maximum Gasteiger partial charge on any atom is 0.341 e. The Morgan fingerprint density at radius 2 is 2.05 bits per heavy atom. The minimum absolute atomic E-state index is 0.0950. The Bertz CT molecular complexity index is 753. The van der Waals surface area contributed by atoms with Crippen molar-refractivity contribution in [3.05, 3.63) is 45.4 Å². The number of hydrogen-bond acceptors (Lipinski definition) is 3. The summed E-state index contributed by atoms with van der Waals surface area (Å²) in [6.07, 6.45) is 0.781. The van der Waals surface area contributed by atoms with E-state index in [1.807, 2.05) is 0 Å². The lowest BCUT2D eigenvalue weighted by molar-refractivity contribution is 0.0695. The van der Waals surface area contributed by atoms with Gasteiger partial charge in [-0.25, -0.2) is 13.6 Å². The van der Waals surface area contributed by atoms with Crippen molar-refractivity contribution in [2.75, 3.05) is 12.4 Å². The number of fused-ring (bicyclic) bond motifs is 1. The Morgan fingerprint density at radius 1 is 1.42 bits per heavy atom. The highest BCUT2D eigenvalue weighted by molar-refractivity contribution is 5.90. The maximum absolute atomic E-state index is 14.0. The number of nitrogens with zero attached hydrogens (tertiary/aromatic N) is 1. The van der Waals surface area contributed by atoms with E-state index in [0.717, 1.165) is 12.3 Å². The molecule has 2 N–H and O–H groups in total. The molecule has 0 atom stereocenters. The zero-order valence-electron chi connectivity index (χ0n) is 10.1. The zero-order chi connectivity index (χ0) is 14.3. The lowest BCUT2D eigenvalue weighted by Crippen LogP contribution is -2.24. The minimum Gasteiger partial charge on any atom is -0.477 e. The van der Waals surface area contributed by atoms with Crippen molar-refractivity contribution in [2.24, 2.45) is 0 Å². The quantitative estimate of drug-likeness (QED) is 0.868. The molecule has 7 heteroatoms. The van der Waals surface area contributed by atoms with Crippen LogP contribution in [-0.2, 0) is 0 Å². The van der Waals surface area contributed by atoms with Gasteiger partial charge < -0.3 is 10.4 Å². The highest BCUT2D eigenvalue weighted by Gasteiger charge is 2.19. The molecule has 2 aromatic heterocycles. The van der Waals surface area contributed by atoms with E-state index in [2.05, 4.69) is 5.32 Å². The van der Waals surface area contributed by atoms with Gasteiger partial charge in [0.1, 0.15) is 16.9 Å². The molecule has 0 aliphatic carbocycles. The van der Waals surface area contributed by atoms with Gasteiger partial charge >= 0.3 is 5.97 Å². The van der Waals surface area contributed by atoms with Crippen molar-refractivity contribution in [3.63, 3.8) is 0 Å². The Labute approximate surface area is 106 Å². The molecule has 0 amide bonds. The van der Waals surface area contributed by atoms with Crippen LogP contribution in [0.15, 0.2) is 17.1 Å². The molecule has 2 rings (SSSR count). The second kappa shape index (κ2) is 4.34. The van der Waals surface area contributed by atoms with Crippen LogP contribution in [0.2, 0.25) is 0 Å². The first-order chi connectivity index (χ1) is 8.88. The molecule has 0 fully saturated rings. The summed E-state index contributed by atoms with van der Waals surface area (Å²) in [6, 6.07) is 1.03. The Kier molecular flexibility index (Phi) is 2.97. The third-order valence-corrected chi connectivity index (χ3v) is 2.87. The minimum atomic E-state index is -1.46. The second-order valence-electron chi connectivity index (χ2n) is 3.97. The number of pyridine rings is 2. The van der Waals surface area contributed by atoms with Crippen molar-refractivity contribution in [1.29, 1.82) is 0 Å². The summed E-state index contributed by atoms with van der Waals surface area (Å²) < 4.78 is 28.2. The molecule has 0 radical (unpaired) electrons. The van der Waals surface area contributed by atoms with Crippen molar-refractivity contribution in [3.8, 4) is 0 Å². The third kappa shape index (κ3) is 1.83. The molecule has 0 saturated carbocycles. The summed E-state index contributed by atoms with van der Waals surface area (Å²) in [7, 11) is 1.45. The van der Waals surface area contributed by atoms with Crippen molar-refractivity contribution in [1.82, 2.24) is 4.40 Å². The van der Waals surface area contributed by atoms with Gasteiger partial charge in [0.2, 0.25) is 0 Å². The molecule has 5 nitrogen and oxygen atoms in total. The number of aromatic carboxylic acids is 1. The van der Waals surface area contributed by atoms with Crippen LogP contribution in [-0.4, -0.2) is 22.5 Å². The predicted molar refractivity (Wildman–Crippen MR) is 64.8 cm³/mol. The van der Waals surface area contributed by atoms with Crippen LogP contribution in [0.1, 0.15) is 15.9 Å². The largest absolute Gasteiger partial charge is 0.477 e. The van der Waals surface area contributed by atoms with E-state index in [9.17, 15) is 18.4 Å². The average molecular weight is 268 g/mol. The van der Waals surface area contributed by atoms with E-state index in [0.29, 0.717) is 4.40 Å². The van der Waals surface area contributed by atoms with Gasteiger partial charge in [-0.2, -0.15) is 0 Å². The van der Waals surface area contributed by atoms with E-state index in [-0.39, 0.29) is 16.8 Å². The number of nitrogens with one attached hydrogen (secondary N) is 1. The van der Waals surface area contributed by atoms with Crippen molar-refractivity contribution >= 4 is 17.2 Å². The molecule has 2 heterocycles. The summed E-state index contributed by atoms with van der Waals surface area (Å²) in [4.78, 5) is 22.8. The topological polar surface area (TPSA) is 70.8 Å². The number of carboxylic acids is 1. The van der Waals surface area contributed by atoms with Crippen molar-refractivity contribution in [2.45, 2.75) is 6.92 Å². The Hall–Kier alpha value is -2.44. The number of carbonyl (C=O) groups is 1. The summed E-state index contributed by atoms with van der Waals surface area (Å²) in [5.41, 5.74) is -1.88.